The van der Waals surface area contributed by atoms with E-state index in [-0.39, 0.29) is 23.4 Å². The van der Waals surface area contributed by atoms with Gasteiger partial charge in [0.05, 0.1) is 28.4 Å². The van der Waals surface area contributed by atoms with Crippen LogP contribution in [0.1, 0.15) is 12.8 Å². The second-order valence-electron chi connectivity index (χ2n) is 10.8. The van der Waals surface area contributed by atoms with E-state index in [0.29, 0.717) is 17.7 Å². The summed E-state index contributed by atoms with van der Waals surface area (Å²) in [5.41, 5.74) is 0.116. The number of carbonyl (C=O) groups excluding carboxylic acids is 2. The quantitative estimate of drug-likeness (QED) is 0.365. The number of hydrogen-bond donors (Lipinski definition) is 1. The van der Waals surface area contributed by atoms with Crippen molar-refractivity contribution in [1.82, 2.24) is 14.9 Å². The third-order valence-electron chi connectivity index (χ3n) is 6.85. The molecule has 3 heterocycles. The minimum Gasteiger partial charge on any atom is -0.479 e. The van der Waals surface area contributed by atoms with Gasteiger partial charge in [0.2, 0.25) is 29.6 Å². The third-order valence-corrected chi connectivity index (χ3v) is 8.90. The second-order valence-corrected chi connectivity index (χ2v) is 15.9. The summed E-state index contributed by atoms with van der Waals surface area (Å²) in [5, 5.41) is 3.85. The highest BCUT2D eigenvalue weighted by Crippen LogP contribution is 2.35. The molecule has 2 aliphatic heterocycles. The summed E-state index contributed by atoms with van der Waals surface area (Å²) >= 11 is 0. The lowest BCUT2D eigenvalue weighted by atomic mass is 10.0. The van der Waals surface area contributed by atoms with Gasteiger partial charge in [0.25, 0.3) is 11.9 Å². The molecule has 1 N–H and O–H groups in total. The number of amides is 1. The molecule has 1 amide bonds. The maximum absolute atomic E-state index is 13.1. The van der Waals surface area contributed by atoms with Gasteiger partial charge >= 0.3 is 0 Å². The number of carbonyl (C=O) groups is 2. The molecule has 210 valence electrons. The molecule has 0 saturated carbocycles. The van der Waals surface area contributed by atoms with Crippen LogP contribution < -0.4 is 29.6 Å². The van der Waals surface area contributed by atoms with E-state index in [1.165, 1.54) is 25.5 Å². The number of ether oxygens (including phenoxy) is 4. The lowest BCUT2D eigenvalue weighted by Crippen LogP contribution is -2.42. The van der Waals surface area contributed by atoms with Crippen LogP contribution in [-0.2, 0) is 14.3 Å². The zero-order valence-electron chi connectivity index (χ0n) is 23.6. The lowest BCUT2D eigenvalue weighted by Gasteiger charge is -2.35. The van der Waals surface area contributed by atoms with Crippen molar-refractivity contribution >= 4 is 36.6 Å². The van der Waals surface area contributed by atoms with Gasteiger partial charge in [-0.2, -0.15) is 9.97 Å². The number of methoxy groups -OCH3 is 2. The van der Waals surface area contributed by atoms with E-state index >= 15 is 0 Å². The number of benzene rings is 1. The maximum Gasteiger partial charge on any atom is 0.289 e. The molecule has 0 bridgehead atoms. The number of nitrogens with one attached hydrogen (secondary N) is 1. The van der Waals surface area contributed by atoms with Crippen molar-refractivity contribution in [3.63, 3.8) is 0 Å². The van der Waals surface area contributed by atoms with Crippen LogP contribution >= 0.6 is 0 Å². The fourth-order valence-corrected chi connectivity index (χ4v) is 5.67. The third kappa shape index (κ3) is 6.51. The molecule has 1 aromatic carbocycles. The van der Waals surface area contributed by atoms with Crippen LogP contribution in [0.2, 0.25) is 19.6 Å². The number of rotatable bonds is 9. The second kappa shape index (κ2) is 11.6. The molecule has 39 heavy (non-hydrogen) atoms. The van der Waals surface area contributed by atoms with E-state index in [1.807, 2.05) is 12.1 Å². The Hall–Kier alpha value is -3.64. The highest BCUT2D eigenvalue weighted by molar-refractivity contribution is 6.88. The molecule has 12 heteroatoms. The van der Waals surface area contributed by atoms with E-state index in [4.69, 9.17) is 18.9 Å². The van der Waals surface area contributed by atoms with Crippen molar-refractivity contribution in [2.24, 2.45) is 0 Å². The average molecular weight is 556 g/mol. The molecule has 11 nitrogen and oxygen atoms in total. The Balaban J connectivity index is 1.46. The molecular formula is C27H37N5O6Si. The summed E-state index contributed by atoms with van der Waals surface area (Å²) in [4.78, 5) is 39.1. The SMILES string of the molecule is COc1nc(N2CCC(N(C)C)CC2)nc(OC)c1NC(=O)C1OC(Oc2cccc([Si](C)(C)C)c2)=CC1=O. The summed E-state index contributed by atoms with van der Waals surface area (Å²) < 4.78 is 22.3. The van der Waals surface area contributed by atoms with Gasteiger partial charge in [-0.15, -0.1) is 0 Å². The van der Waals surface area contributed by atoms with Crippen molar-refractivity contribution in [1.29, 1.82) is 0 Å². The molecule has 0 radical (unpaired) electrons. The smallest absolute Gasteiger partial charge is 0.289 e. The monoisotopic (exact) mass is 555 g/mol. The topological polar surface area (TPSA) is 115 Å². The molecule has 1 atom stereocenters. The van der Waals surface area contributed by atoms with Crippen LogP contribution in [0.5, 0.6) is 17.5 Å². The Morgan fingerprint density at radius 3 is 2.31 bits per heavy atom. The normalized spacial score (nSPS) is 18.1. The van der Waals surface area contributed by atoms with Crippen LogP contribution in [0, 0.1) is 0 Å². The summed E-state index contributed by atoms with van der Waals surface area (Å²) in [6, 6.07) is 8.18. The van der Waals surface area contributed by atoms with Crippen LogP contribution in [0.15, 0.2) is 36.3 Å². The predicted octanol–water partition coefficient (Wildman–Crippen LogP) is 2.40. The molecule has 1 fully saturated rings. The molecule has 1 saturated heterocycles. The first-order chi connectivity index (χ1) is 18.5. The molecule has 4 rings (SSSR count). The molecule has 2 aliphatic rings. The van der Waals surface area contributed by atoms with Crippen molar-refractivity contribution in [2.45, 2.75) is 44.6 Å². The summed E-state index contributed by atoms with van der Waals surface area (Å²) in [6.07, 6.45) is 1.69. The minimum atomic E-state index is -1.56. The van der Waals surface area contributed by atoms with Gasteiger partial charge in [-0.3, -0.25) is 9.59 Å². The van der Waals surface area contributed by atoms with Crippen molar-refractivity contribution < 1.29 is 28.5 Å². The first-order valence-electron chi connectivity index (χ1n) is 12.9. The van der Waals surface area contributed by atoms with Crippen LogP contribution in [-0.4, -0.2) is 88.2 Å². The molecule has 0 aliphatic carbocycles. The van der Waals surface area contributed by atoms with Crippen molar-refractivity contribution in [2.75, 3.05) is 51.6 Å². The maximum atomic E-state index is 13.1. The first kappa shape index (κ1) is 28.4. The first-order valence-corrected chi connectivity index (χ1v) is 16.4. The number of anilines is 2. The Morgan fingerprint density at radius 2 is 1.74 bits per heavy atom. The number of ketones is 1. The van der Waals surface area contributed by atoms with Crippen molar-refractivity contribution in [3.05, 3.63) is 36.3 Å². The number of nitrogens with zero attached hydrogens (tertiary/aromatic N) is 4. The van der Waals surface area contributed by atoms with E-state index in [1.54, 1.807) is 6.07 Å². The van der Waals surface area contributed by atoms with E-state index in [2.05, 4.69) is 64.9 Å². The Kier molecular flexibility index (Phi) is 8.45. The van der Waals surface area contributed by atoms with Crippen LogP contribution in [0.3, 0.4) is 0 Å². The van der Waals surface area contributed by atoms with Crippen LogP contribution in [0.4, 0.5) is 11.6 Å². The number of hydrogen-bond acceptors (Lipinski definition) is 10. The standard InChI is InChI=1S/C27H37N5O6Si/c1-31(2)17-11-13-32(14-12-17)27-29-25(35-3)22(26(30-27)36-4)28-24(34)23-20(33)16-21(38-23)37-18-9-8-10-19(15-18)39(5,6)7/h8-10,15-17,23H,11-14H2,1-7H3,(H,28,34). The van der Waals surface area contributed by atoms with Gasteiger partial charge in [-0.05, 0) is 39.1 Å². The predicted molar refractivity (Wildman–Crippen MR) is 151 cm³/mol. The van der Waals surface area contributed by atoms with E-state index in [0.717, 1.165) is 25.9 Å². The fraction of sp³-hybridized carbons (Fsp3) is 0.481. The summed E-state index contributed by atoms with van der Waals surface area (Å²) in [7, 11) is 5.48. The van der Waals surface area contributed by atoms with Crippen LogP contribution in [0.25, 0.3) is 0 Å². The van der Waals surface area contributed by atoms with E-state index in [9.17, 15) is 9.59 Å². The summed E-state index contributed by atoms with van der Waals surface area (Å²) in [5.74, 6) is -0.0639. The van der Waals surface area contributed by atoms with Gasteiger partial charge in [0, 0.05) is 19.1 Å². The molecule has 1 aromatic heterocycles. The number of aromatic nitrogens is 2. The minimum absolute atomic E-state index is 0.0421. The van der Waals surface area contributed by atoms with Gasteiger partial charge < -0.3 is 34.1 Å². The molecule has 2 aromatic rings. The highest BCUT2D eigenvalue weighted by atomic mass is 28.3. The Bertz CT molecular complexity index is 1230. The number of piperidine rings is 1. The van der Waals surface area contributed by atoms with Gasteiger partial charge in [-0.25, -0.2) is 0 Å². The zero-order chi connectivity index (χ0) is 28.3. The van der Waals surface area contributed by atoms with Gasteiger partial charge in [0.1, 0.15) is 5.75 Å². The van der Waals surface area contributed by atoms with Crippen molar-refractivity contribution in [3.8, 4) is 17.5 Å². The Labute approximate surface area is 230 Å². The zero-order valence-corrected chi connectivity index (χ0v) is 24.6. The Morgan fingerprint density at radius 1 is 1.10 bits per heavy atom. The molecule has 0 spiro atoms. The fourth-order valence-electron chi connectivity index (χ4n) is 4.50. The summed E-state index contributed by atoms with van der Waals surface area (Å²) in [6.45, 7) is 8.24. The molecular weight excluding hydrogens is 518 g/mol. The largest absolute Gasteiger partial charge is 0.479 e. The molecule has 1 unspecified atom stereocenters. The van der Waals surface area contributed by atoms with Gasteiger partial charge in [-0.1, -0.05) is 37.0 Å². The van der Waals surface area contributed by atoms with Gasteiger partial charge in [0.15, 0.2) is 5.69 Å². The van der Waals surface area contributed by atoms with E-state index < -0.39 is 25.9 Å². The highest BCUT2D eigenvalue weighted by Gasteiger charge is 2.37. The lowest BCUT2D eigenvalue weighted by molar-refractivity contribution is -0.134. The average Bonchev–Trinajstić information content (AvgIpc) is 3.28.